The second-order valence-electron chi connectivity index (χ2n) is 3.82. The normalized spacial score (nSPS) is 14.2. The zero-order valence-corrected chi connectivity index (χ0v) is 9.37. The second kappa shape index (κ2) is 5.59. The summed E-state index contributed by atoms with van der Waals surface area (Å²) < 4.78 is 13.6. The van der Waals surface area contributed by atoms with Crippen LogP contribution in [-0.4, -0.2) is 17.8 Å². The Bertz CT molecular complexity index is 400. The van der Waals surface area contributed by atoms with Gasteiger partial charge < -0.3 is 10.4 Å². The number of rotatable bonds is 4. The van der Waals surface area contributed by atoms with Gasteiger partial charge in [0.1, 0.15) is 5.82 Å². The van der Waals surface area contributed by atoms with Gasteiger partial charge in [0.25, 0.3) is 0 Å². The Labute approximate surface area is 94.5 Å². The summed E-state index contributed by atoms with van der Waals surface area (Å²) in [5, 5.41) is 20.5. The van der Waals surface area contributed by atoms with Crippen molar-refractivity contribution >= 4 is 0 Å². The lowest BCUT2D eigenvalue weighted by atomic mass is 10.0. The highest BCUT2D eigenvalue weighted by molar-refractivity contribution is 5.34. The third-order valence-electron chi connectivity index (χ3n) is 2.40. The number of nitrogens with one attached hydrogen (secondary N) is 1. The molecule has 1 aromatic carbocycles. The predicted molar refractivity (Wildman–Crippen MR) is 59.2 cm³/mol. The van der Waals surface area contributed by atoms with Gasteiger partial charge in [-0.15, -0.1) is 0 Å². The minimum atomic E-state index is -0.399. The van der Waals surface area contributed by atoms with Gasteiger partial charge >= 0.3 is 0 Å². The van der Waals surface area contributed by atoms with Crippen molar-refractivity contribution in [2.45, 2.75) is 25.9 Å². The number of aliphatic hydroxyl groups is 1. The summed E-state index contributed by atoms with van der Waals surface area (Å²) in [6, 6.07) is 5.99. The number of aliphatic hydroxyl groups excluding tert-OH is 1. The first-order valence-electron chi connectivity index (χ1n) is 5.15. The van der Waals surface area contributed by atoms with Gasteiger partial charge in [-0.1, -0.05) is 6.07 Å². The quantitative estimate of drug-likeness (QED) is 0.815. The fraction of sp³-hybridized carbons (Fsp3) is 0.417. The van der Waals surface area contributed by atoms with Crippen molar-refractivity contribution in [2.24, 2.45) is 0 Å². The van der Waals surface area contributed by atoms with Crippen molar-refractivity contribution in [1.29, 1.82) is 5.26 Å². The van der Waals surface area contributed by atoms with Crippen molar-refractivity contribution < 1.29 is 9.50 Å². The molecular formula is C12H15FN2O. The van der Waals surface area contributed by atoms with Crippen LogP contribution in [0.25, 0.3) is 0 Å². The van der Waals surface area contributed by atoms with Crippen molar-refractivity contribution in [3.8, 4) is 6.07 Å². The van der Waals surface area contributed by atoms with E-state index in [0.29, 0.717) is 11.1 Å². The van der Waals surface area contributed by atoms with Crippen molar-refractivity contribution in [3.05, 3.63) is 35.1 Å². The lowest BCUT2D eigenvalue weighted by molar-refractivity contribution is 0.242. The van der Waals surface area contributed by atoms with E-state index in [1.165, 1.54) is 6.07 Å². The van der Waals surface area contributed by atoms with E-state index in [0.717, 1.165) is 0 Å². The summed E-state index contributed by atoms with van der Waals surface area (Å²) in [4.78, 5) is 0. The van der Waals surface area contributed by atoms with Gasteiger partial charge in [-0.3, -0.25) is 0 Å². The van der Waals surface area contributed by atoms with Gasteiger partial charge in [0.15, 0.2) is 0 Å². The van der Waals surface area contributed by atoms with Gasteiger partial charge in [-0.25, -0.2) is 4.39 Å². The molecule has 4 heteroatoms. The van der Waals surface area contributed by atoms with Gasteiger partial charge in [0.2, 0.25) is 0 Å². The fourth-order valence-corrected chi connectivity index (χ4v) is 1.52. The first kappa shape index (κ1) is 12.6. The topological polar surface area (TPSA) is 56.0 Å². The Kier molecular flexibility index (Phi) is 4.41. The smallest absolute Gasteiger partial charge is 0.129 e. The average molecular weight is 222 g/mol. The predicted octanol–water partition coefficient (Wildman–Crippen LogP) is 1.73. The minimum absolute atomic E-state index is 0.00222. The van der Waals surface area contributed by atoms with Crippen molar-refractivity contribution in [1.82, 2.24) is 5.32 Å². The van der Waals surface area contributed by atoms with E-state index in [-0.39, 0.29) is 18.7 Å². The Morgan fingerprint density at radius 2 is 2.19 bits per heavy atom. The van der Waals surface area contributed by atoms with Gasteiger partial charge in [0.05, 0.1) is 18.2 Å². The number of hydrogen-bond acceptors (Lipinski definition) is 3. The van der Waals surface area contributed by atoms with Crippen LogP contribution in [0.5, 0.6) is 0 Å². The van der Waals surface area contributed by atoms with Crippen LogP contribution in [-0.2, 0) is 0 Å². The van der Waals surface area contributed by atoms with Crippen molar-refractivity contribution in [2.75, 3.05) is 6.61 Å². The van der Waals surface area contributed by atoms with Crippen LogP contribution in [0.3, 0.4) is 0 Å². The van der Waals surface area contributed by atoms with Gasteiger partial charge in [0, 0.05) is 17.6 Å². The standard InChI is InChI=1S/C12H15FN2O/c1-8(7-16)15-9(2)11-4-3-10(6-14)5-12(11)13/h3-5,8-9,15-16H,7H2,1-2H3/t8-,9?/m1/s1. The minimum Gasteiger partial charge on any atom is -0.395 e. The lowest BCUT2D eigenvalue weighted by Crippen LogP contribution is -2.32. The molecule has 0 spiro atoms. The van der Waals surface area contributed by atoms with Gasteiger partial charge in [-0.2, -0.15) is 5.26 Å². The number of nitrogens with zero attached hydrogens (tertiary/aromatic N) is 1. The average Bonchev–Trinajstić information content (AvgIpc) is 2.28. The molecule has 0 bridgehead atoms. The molecule has 2 N–H and O–H groups in total. The lowest BCUT2D eigenvalue weighted by Gasteiger charge is -2.19. The molecule has 0 aliphatic carbocycles. The largest absolute Gasteiger partial charge is 0.395 e. The van der Waals surface area contributed by atoms with Gasteiger partial charge in [-0.05, 0) is 26.0 Å². The molecule has 1 rings (SSSR count). The molecule has 3 nitrogen and oxygen atoms in total. The van der Waals surface area contributed by atoms with Crippen molar-refractivity contribution in [3.63, 3.8) is 0 Å². The molecule has 0 aliphatic heterocycles. The summed E-state index contributed by atoms with van der Waals surface area (Å²) in [6.07, 6.45) is 0. The summed E-state index contributed by atoms with van der Waals surface area (Å²) >= 11 is 0. The SMILES string of the molecule is CC(N[C@H](C)CO)c1ccc(C#N)cc1F. The zero-order valence-electron chi connectivity index (χ0n) is 9.37. The van der Waals surface area contributed by atoms with E-state index in [9.17, 15) is 4.39 Å². The Hall–Kier alpha value is -1.44. The summed E-state index contributed by atoms with van der Waals surface area (Å²) in [5.74, 6) is -0.399. The van der Waals surface area contributed by atoms with Crippen LogP contribution in [0.4, 0.5) is 4.39 Å². The molecule has 0 saturated carbocycles. The molecule has 1 unspecified atom stereocenters. The molecule has 0 aliphatic rings. The molecule has 86 valence electrons. The second-order valence-corrected chi connectivity index (χ2v) is 3.82. The number of hydrogen-bond donors (Lipinski definition) is 2. The third kappa shape index (κ3) is 3.02. The zero-order chi connectivity index (χ0) is 12.1. The summed E-state index contributed by atoms with van der Waals surface area (Å²) in [6.45, 7) is 3.64. The number of nitriles is 1. The molecule has 2 atom stereocenters. The van der Waals surface area contributed by atoms with E-state index < -0.39 is 5.82 Å². The van der Waals surface area contributed by atoms with Crippen LogP contribution in [0.2, 0.25) is 0 Å². The van der Waals surface area contributed by atoms with E-state index in [1.807, 2.05) is 19.9 Å². The van der Waals surface area contributed by atoms with E-state index in [2.05, 4.69) is 5.32 Å². The highest BCUT2D eigenvalue weighted by Gasteiger charge is 2.13. The van der Waals surface area contributed by atoms with E-state index in [1.54, 1.807) is 12.1 Å². The number of halogens is 1. The Morgan fingerprint density at radius 3 is 2.69 bits per heavy atom. The first-order chi connectivity index (χ1) is 7.58. The van der Waals surface area contributed by atoms with Crippen LogP contribution < -0.4 is 5.32 Å². The highest BCUT2D eigenvalue weighted by Crippen LogP contribution is 2.18. The molecule has 0 amide bonds. The summed E-state index contributed by atoms with van der Waals surface area (Å²) in [7, 11) is 0. The van der Waals surface area contributed by atoms with Crippen LogP contribution in [0.1, 0.15) is 31.0 Å². The molecule has 0 aromatic heterocycles. The monoisotopic (exact) mass is 222 g/mol. The molecule has 0 fully saturated rings. The molecule has 0 heterocycles. The molecule has 0 radical (unpaired) electrons. The van der Waals surface area contributed by atoms with Crippen LogP contribution >= 0.6 is 0 Å². The molecular weight excluding hydrogens is 207 g/mol. The number of benzene rings is 1. The van der Waals surface area contributed by atoms with Crippen LogP contribution in [0.15, 0.2) is 18.2 Å². The van der Waals surface area contributed by atoms with E-state index >= 15 is 0 Å². The molecule has 1 aromatic rings. The summed E-state index contributed by atoms with van der Waals surface area (Å²) in [5.41, 5.74) is 0.808. The fourth-order valence-electron chi connectivity index (χ4n) is 1.52. The maximum atomic E-state index is 13.6. The maximum absolute atomic E-state index is 13.6. The first-order valence-corrected chi connectivity index (χ1v) is 5.15. The van der Waals surface area contributed by atoms with Crippen LogP contribution in [0, 0.1) is 17.1 Å². The Morgan fingerprint density at radius 1 is 1.50 bits per heavy atom. The maximum Gasteiger partial charge on any atom is 0.129 e. The molecule has 16 heavy (non-hydrogen) atoms. The third-order valence-corrected chi connectivity index (χ3v) is 2.40. The molecule has 0 saturated heterocycles. The Balaban J connectivity index is 2.84. The highest BCUT2D eigenvalue weighted by atomic mass is 19.1. The van der Waals surface area contributed by atoms with E-state index in [4.69, 9.17) is 10.4 Å².